The van der Waals surface area contributed by atoms with E-state index in [0.717, 1.165) is 18.4 Å². The minimum Gasteiger partial charge on any atom is -0.484 e. The van der Waals surface area contributed by atoms with E-state index < -0.39 is 10.0 Å². The van der Waals surface area contributed by atoms with Crippen molar-refractivity contribution in [2.45, 2.75) is 44.6 Å². The van der Waals surface area contributed by atoms with E-state index in [4.69, 9.17) is 4.74 Å². The van der Waals surface area contributed by atoms with Crippen LogP contribution in [-0.4, -0.2) is 27.0 Å². The zero-order chi connectivity index (χ0) is 19.9. The summed E-state index contributed by atoms with van der Waals surface area (Å²) in [5, 5.41) is 2.85. The zero-order valence-corrected chi connectivity index (χ0v) is 16.7. The number of hydrogen-bond acceptors (Lipinski definition) is 4. The number of hydrogen-bond donors (Lipinski definition) is 2. The van der Waals surface area contributed by atoms with Crippen molar-refractivity contribution in [2.75, 3.05) is 11.3 Å². The number of amides is 1. The molecule has 0 unspecified atom stereocenters. The van der Waals surface area contributed by atoms with Gasteiger partial charge in [0, 0.05) is 11.7 Å². The van der Waals surface area contributed by atoms with E-state index in [2.05, 4.69) is 17.0 Å². The minimum absolute atomic E-state index is 0.103. The Labute approximate surface area is 161 Å². The molecule has 2 rings (SSSR count). The summed E-state index contributed by atoms with van der Waals surface area (Å²) in [5.41, 5.74) is 1.47. The topological polar surface area (TPSA) is 84.5 Å². The van der Waals surface area contributed by atoms with Gasteiger partial charge in [-0.05, 0) is 62.2 Å². The molecule has 1 atom stereocenters. The van der Waals surface area contributed by atoms with Crippen LogP contribution in [0.15, 0.2) is 53.4 Å². The van der Waals surface area contributed by atoms with Gasteiger partial charge in [0.2, 0.25) is 0 Å². The van der Waals surface area contributed by atoms with Crippen molar-refractivity contribution in [3.05, 3.63) is 54.1 Å². The summed E-state index contributed by atoms with van der Waals surface area (Å²) in [6, 6.07) is 13.2. The first-order chi connectivity index (χ1) is 12.8. The van der Waals surface area contributed by atoms with E-state index in [1.807, 2.05) is 19.9 Å². The molecule has 2 N–H and O–H groups in total. The van der Waals surface area contributed by atoms with Crippen molar-refractivity contribution in [3.8, 4) is 5.75 Å². The highest BCUT2D eigenvalue weighted by Gasteiger charge is 2.14. The molecule has 0 saturated carbocycles. The van der Waals surface area contributed by atoms with Crippen molar-refractivity contribution in [1.29, 1.82) is 0 Å². The normalized spacial score (nSPS) is 12.3. The Hall–Kier alpha value is -2.54. The zero-order valence-electron chi connectivity index (χ0n) is 15.9. The number of carbonyl (C=O) groups is 1. The first-order valence-electron chi connectivity index (χ1n) is 8.92. The molecule has 0 saturated heterocycles. The van der Waals surface area contributed by atoms with Crippen LogP contribution < -0.4 is 14.8 Å². The van der Waals surface area contributed by atoms with Gasteiger partial charge in [-0.25, -0.2) is 8.42 Å². The standard InChI is InChI=1S/C20H26N2O4S/c1-4-6-16(3)21-20(23)14-26-18-9-11-19(12-10-18)27(24,25)22-17-8-5-7-15(2)13-17/h5,7-13,16,22H,4,6,14H2,1-3H3,(H,21,23)/t16-/m1/s1. The second kappa shape index (κ2) is 9.41. The molecule has 7 heteroatoms. The molecule has 0 fully saturated rings. The molecule has 0 heterocycles. The average molecular weight is 391 g/mol. The molecule has 0 aliphatic heterocycles. The molecule has 0 aromatic heterocycles. The third-order valence-electron chi connectivity index (χ3n) is 3.90. The van der Waals surface area contributed by atoms with E-state index >= 15 is 0 Å². The van der Waals surface area contributed by atoms with Crippen LogP contribution in [0.25, 0.3) is 0 Å². The van der Waals surface area contributed by atoms with Crippen molar-refractivity contribution in [2.24, 2.45) is 0 Å². The van der Waals surface area contributed by atoms with Gasteiger partial charge in [-0.3, -0.25) is 9.52 Å². The van der Waals surface area contributed by atoms with E-state index in [1.165, 1.54) is 24.3 Å². The lowest BCUT2D eigenvalue weighted by Crippen LogP contribution is -2.35. The monoisotopic (exact) mass is 390 g/mol. The summed E-state index contributed by atoms with van der Waals surface area (Å²) in [6.07, 6.45) is 1.90. The van der Waals surface area contributed by atoms with Gasteiger partial charge in [-0.2, -0.15) is 0 Å². The maximum atomic E-state index is 12.5. The summed E-state index contributed by atoms with van der Waals surface area (Å²) in [7, 11) is -3.69. The third kappa shape index (κ3) is 6.60. The van der Waals surface area contributed by atoms with Crippen LogP contribution >= 0.6 is 0 Å². The number of aryl methyl sites for hydroxylation is 1. The van der Waals surface area contributed by atoms with Crippen LogP contribution in [0.4, 0.5) is 5.69 Å². The molecule has 6 nitrogen and oxygen atoms in total. The Balaban J connectivity index is 1.95. The molecule has 27 heavy (non-hydrogen) atoms. The number of sulfonamides is 1. The summed E-state index contributed by atoms with van der Waals surface area (Å²) in [5.74, 6) is 0.233. The smallest absolute Gasteiger partial charge is 0.261 e. The van der Waals surface area contributed by atoms with Crippen LogP contribution in [0.3, 0.4) is 0 Å². The Morgan fingerprint density at radius 1 is 1.15 bits per heavy atom. The molecule has 146 valence electrons. The van der Waals surface area contributed by atoms with Gasteiger partial charge in [0.05, 0.1) is 4.90 Å². The first-order valence-corrected chi connectivity index (χ1v) is 10.4. The van der Waals surface area contributed by atoms with Crippen molar-refractivity contribution < 1.29 is 17.9 Å². The lowest BCUT2D eigenvalue weighted by molar-refractivity contribution is -0.123. The number of rotatable bonds is 9. The molecular formula is C20H26N2O4S. The molecule has 2 aromatic carbocycles. The van der Waals surface area contributed by atoms with Gasteiger partial charge < -0.3 is 10.1 Å². The van der Waals surface area contributed by atoms with Gasteiger partial charge in [0.1, 0.15) is 5.75 Å². The molecule has 2 aromatic rings. The highest BCUT2D eigenvalue weighted by atomic mass is 32.2. The highest BCUT2D eigenvalue weighted by molar-refractivity contribution is 7.92. The number of nitrogens with one attached hydrogen (secondary N) is 2. The van der Waals surface area contributed by atoms with Crippen LogP contribution in [0, 0.1) is 6.92 Å². The van der Waals surface area contributed by atoms with Crippen LogP contribution in [0.1, 0.15) is 32.3 Å². The summed E-state index contributed by atoms with van der Waals surface area (Å²) in [6.45, 7) is 5.79. The predicted octanol–water partition coefficient (Wildman–Crippen LogP) is 3.48. The van der Waals surface area contributed by atoms with Gasteiger partial charge in [0.25, 0.3) is 15.9 Å². The lowest BCUT2D eigenvalue weighted by atomic mass is 10.2. The van der Waals surface area contributed by atoms with E-state index in [0.29, 0.717) is 11.4 Å². The largest absolute Gasteiger partial charge is 0.484 e. The Morgan fingerprint density at radius 2 is 1.85 bits per heavy atom. The quantitative estimate of drug-likeness (QED) is 0.686. The summed E-state index contributed by atoms with van der Waals surface area (Å²) < 4.78 is 32.9. The Bertz CT molecular complexity index is 864. The Morgan fingerprint density at radius 3 is 2.48 bits per heavy atom. The first kappa shape index (κ1) is 20.8. The van der Waals surface area contributed by atoms with Gasteiger partial charge in [0.15, 0.2) is 6.61 Å². The van der Waals surface area contributed by atoms with Crippen LogP contribution in [0.2, 0.25) is 0 Å². The molecule has 1 amide bonds. The van der Waals surface area contributed by atoms with E-state index in [9.17, 15) is 13.2 Å². The molecular weight excluding hydrogens is 364 g/mol. The second-order valence-corrected chi connectivity index (χ2v) is 8.17. The van der Waals surface area contributed by atoms with E-state index in [-0.39, 0.29) is 23.5 Å². The number of benzene rings is 2. The maximum Gasteiger partial charge on any atom is 0.261 e. The Kier molecular flexibility index (Phi) is 7.24. The molecule has 0 spiro atoms. The molecule has 0 aliphatic rings. The van der Waals surface area contributed by atoms with Crippen LogP contribution in [0.5, 0.6) is 5.75 Å². The third-order valence-corrected chi connectivity index (χ3v) is 5.30. The van der Waals surface area contributed by atoms with Gasteiger partial charge in [-0.15, -0.1) is 0 Å². The van der Waals surface area contributed by atoms with Crippen LogP contribution in [-0.2, 0) is 14.8 Å². The van der Waals surface area contributed by atoms with Gasteiger partial charge >= 0.3 is 0 Å². The lowest BCUT2D eigenvalue weighted by Gasteiger charge is -2.13. The highest BCUT2D eigenvalue weighted by Crippen LogP contribution is 2.20. The second-order valence-electron chi connectivity index (χ2n) is 6.49. The number of carbonyl (C=O) groups excluding carboxylic acids is 1. The predicted molar refractivity (Wildman–Crippen MR) is 106 cm³/mol. The van der Waals surface area contributed by atoms with Gasteiger partial charge in [-0.1, -0.05) is 25.5 Å². The SMILES string of the molecule is CCC[C@@H](C)NC(=O)COc1ccc(S(=O)(=O)Nc2cccc(C)c2)cc1. The average Bonchev–Trinajstić information content (AvgIpc) is 2.60. The number of anilines is 1. The van der Waals surface area contributed by atoms with Crippen molar-refractivity contribution >= 4 is 21.6 Å². The fourth-order valence-electron chi connectivity index (χ4n) is 2.61. The fraction of sp³-hybridized carbons (Fsp3) is 0.350. The summed E-state index contributed by atoms with van der Waals surface area (Å²) in [4.78, 5) is 11.9. The molecule has 0 aliphatic carbocycles. The molecule has 0 bridgehead atoms. The summed E-state index contributed by atoms with van der Waals surface area (Å²) >= 11 is 0. The minimum atomic E-state index is -3.69. The van der Waals surface area contributed by atoms with E-state index in [1.54, 1.807) is 18.2 Å². The maximum absolute atomic E-state index is 12.5. The van der Waals surface area contributed by atoms with Crippen molar-refractivity contribution in [1.82, 2.24) is 5.32 Å². The molecule has 0 radical (unpaired) electrons. The fourth-order valence-corrected chi connectivity index (χ4v) is 3.66. The van der Waals surface area contributed by atoms with Crippen molar-refractivity contribution in [3.63, 3.8) is 0 Å². The number of ether oxygens (including phenoxy) is 1.